The van der Waals surface area contributed by atoms with Gasteiger partial charge in [0.25, 0.3) is 5.56 Å². The zero-order valence-corrected chi connectivity index (χ0v) is 26.5. The second kappa shape index (κ2) is 12.3. The number of hydrogen-bond acceptors (Lipinski definition) is 10. The van der Waals surface area contributed by atoms with Crippen LogP contribution < -0.4 is 24.4 Å². The van der Waals surface area contributed by atoms with Crippen molar-refractivity contribution in [1.29, 1.82) is 0 Å². The minimum Gasteiger partial charge on any atom is -0.465 e. The van der Waals surface area contributed by atoms with Gasteiger partial charge in [-0.15, -0.1) is 0 Å². The number of benzene rings is 3. The zero-order chi connectivity index (χ0) is 32.7. The molecular formula is C36H28N2O8S. The van der Waals surface area contributed by atoms with Crippen LogP contribution in [0.15, 0.2) is 98.6 Å². The van der Waals surface area contributed by atoms with Gasteiger partial charge in [-0.1, -0.05) is 53.8 Å². The Labute approximate surface area is 272 Å². The maximum Gasteiger partial charge on any atom is 0.338 e. The van der Waals surface area contributed by atoms with Crippen LogP contribution in [0.4, 0.5) is 0 Å². The van der Waals surface area contributed by atoms with Crippen molar-refractivity contribution < 1.29 is 33.0 Å². The van der Waals surface area contributed by atoms with Crippen LogP contribution in [-0.2, 0) is 14.3 Å². The summed E-state index contributed by atoms with van der Waals surface area (Å²) < 4.78 is 29.6. The van der Waals surface area contributed by atoms with Crippen LogP contribution in [0, 0.1) is 6.92 Å². The third kappa shape index (κ3) is 5.44. The number of hydrogen-bond donors (Lipinski definition) is 0. The average molecular weight is 649 g/mol. The van der Waals surface area contributed by atoms with Gasteiger partial charge in [-0.25, -0.2) is 14.6 Å². The third-order valence-electron chi connectivity index (χ3n) is 7.90. The van der Waals surface area contributed by atoms with Crippen LogP contribution >= 0.6 is 11.3 Å². The predicted molar refractivity (Wildman–Crippen MR) is 174 cm³/mol. The van der Waals surface area contributed by atoms with Gasteiger partial charge < -0.3 is 23.4 Å². The van der Waals surface area contributed by atoms with E-state index in [1.807, 2.05) is 49.4 Å². The van der Waals surface area contributed by atoms with Crippen molar-refractivity contribution in [3.63, 3.8) is 0 Å². The summed E-state index contributed by atoms with van der Waals surface area (Å²) in [6.45, 7) is 3.84. The lowest BCUT2D eigenvalue weighted by atomic mass is 9.93. The number of aryl methyl sites for hydroxylation is 1. The number of fused-ring (bicyclic) bond motifs is 2. The second-order valence-corrected chi connectivity index (χ2v) is 11.8. The molecule has 0 aliphatic carbocycles. The highest BCUT2D eigenvalue weighted by molar-refractivity contribution is 7.07. The number of furan rings is 1. The fourth-order valence-corrected chi connectivity index (χ4v) is 6.71. The van der Waals surface area contributed by atoms with Crippen LogP contribution in [0.25, 0.3) is 23.1 Å². The Morgan fingerprint density at radius 2 is 1.81 bits per heavy atom. The highest BCUT2D eigenvalue weighted by Crippen LogP contribution is 2.40. The van der Waals surface area contributed by atoms with E-state index in [-0.39, 0.29) is 24.5 Å². The molecule has 0 radical (unpaired) electrons. The molecular weight excluding hydrogens is 620 g/mol. The fourth-order valence-electron chi connectivity index (χ4n) is 5.73. The molecule has 4 heterocycles. The van der Waals surface area contributed by atoms with Crippen LogP contribution in [-0.4, -0.2) is 37.0 Å². The van der Waals surface area contributed by atoms with E-state index in [9.17, 15) is 14.4 Å². The maximum absolute atomic E-state index is 14.2. The van der Waals surface area contributed by atoms with E-state index < -0.39 is 18.0 Å². The Balaban J connectivity index is 1.38. The molecule has 0 unspecified atom stereocenters. The molecule has 11 heteroatoms. The van der Waals surface area contributed by atoms with Crippen molar-refractivity contribution in [2.75, 3.05) is 20.5 Å². The molecule has 0 N–H and O–H groups in total. The van der Waals surface area contributed by atoms with Gasteiger partial charge in [-0.05, 0) is 61.4 Å². The zero-order valence-electron chi connectivity index (χ0n) is 25.6. The number of aromatic nitrogens is 1. The number of esters is 2. The lowest BCUT2D eigenvalue weighted by molar-refractivity contribution is -0.138. The van der Waals surface area contributed by atoms with Gasteiger partial charge in [0.2, 0.25) is 6.79 Å². The monoisotopic (exact) mass is 648 g/mol. The molecule has 5 aromatic rings. The van der Waals surface area contributed by atoms with E-state index >= 15 is 0 Å². The highest BCUT2D eigenvalue weighted by atomic mass is 32.1. The van der Waals surface area contributed by atoms with E-state index in [2.05, 4.69) is 0 Å². The molecule has 47 heavy (non-hydrogen) atoms. The molecule has 236 valence electrons. The molecule has 2 aliphatic heterocycles. The number of thiazole rings is 1. The molecule has 3 aromatic carbocycles. The summed E-state index contributed by atoms with van der Waals surface area (Å²) in [7, 11) is 1.34. The molecule has 0 fully saturated rings. The van der Waals surface area contributed by atoms with E-state index in [1.165, 1.54) is 23.0 Å². The molecule has 10 nitrogen and oxygen atoms in total. The fraction of sp³-hybridized carbons (Fsp3) is 0.167. The molecule has 1 atom stereocenters. The van der Waals surface area contributed by atoms with Crippen LogP contribution in [0.3, 0.4) is 0 Å². The molecule has 0 bridgehead atoms. The predicted octanol–water partition coefficient (Wildman–Crippen LogP) is 5.02. The Bertz CT molecular complexity index is 2260. The SMILES string of the molecule is CCOC(=O)C1=C(c2ccccc2)N=c2s/c(=C/c3ccc(-c4ccc(C(=O)OC)cc4C)o3)c(=O)n2[C@H]1c1ccc2c(c1)OCO2. The first-order chi connectivity index (χ1) is 22.9. The van der Waals surface area contributed by atoms with Gasteiger partial charge in [-0.2, -0.15) is 0 Å². The summed E-state index contributed by atoms with van der Waals surface area (Å²) in [5.74, 6) is 1.13. The van der Waals surface area contributed by atoms with Gasteiger partial charge in [0.1, 0.15) is 11.5 Å². The molecule has 7 rings (SSSR count). The highest BCUT2D eigenvalue weighted by Gasteiger charge is 2.36. The van der Waals surface area contributed by atoms with E-state index in [0.29, 0.717) is 54.7 Å². The van der Waals surface area contributed by atoms with Crippen molar-refractivity contribution >= 4 is 35.0 Å². The van der Waals surface area contributed by atoms with Crippen molar-refractivity contribution in [2.45, 2.75) is 19.9 Å². The summed E-state index contributed by atoms with van der Waals surface area (Å²) in [5.41, 5.74) is 3.73. The molecule has 2 aromatic heterocycles. The van der Waals surface area contributed by atoms with Crippen molar-refractivity contribution in [3.05, 3.63) is 132 Å². The molecule has 0 spiro atoms. The molecule has 0 saturated heterocycles. The van der Waals surface area contributed by atoms with E-state index in [1.54, 1.807) is 49.4 Å². The first-order valence-electron chi connectivity index (χ1n) is 14.8. The van der Waals surface area contributed by atoms with Gasteiger partial charge in [0.15, 0.2) is 16.3 Å². The average Bonchev–Trinajstić information content (AvgIpc) is 3.83. The number of rotatable bonds is 7. The van der Waals surface area contributed by atoms with Crippen molar-refractivity contribution in [2.24, 2.45) is 4.99 Å². The Morgan fingerprint density at radius 3 is 2.57 bits per heavy atom. The molecule has 0 saturated carbocycles. The molecule has 0 amide bonds. The normalized spacial score (nSPS) is 15.3. The summed E-state index contributed by atoms with van der Waals surface area (Å²) in [6.07, 6.45) is 1.67. The second-order valence-electron chi connectivity index (χ2n) is 10.8. The van der Waals surface area contributed by atoms with Crippen molar-refractivity contribution in [3.8, 4) is 22.8 Å². The Hall–Kier alpha value is -5.68. The third-order valence-corrected chi connectivity index (χ3v) is 8.88. The lowest BCUT2D eigenvalue weighted by Crippen LogP contribution is -2.40. The van der Waals surface area contributed by atoms with Gasteiger partial charge in [-0.3, -0.25) is 9.36 Å². The first-order valence-corrected chi connectivity index (χ1v) is 15.6. The van der Waals surface area contributed by atoms with Crippen LogP contribution in [0.5, 0.6) is 11.5 Å². The van der Waals surface area contributed by atoms with Gasteiger partial charge >= 0.3 is 11.9 Å². The van der Waals surface area contributed by atoms with Gasteiger partial charge in [0, 0.05) is 17.2 Å². The van der Waals surface area contributed by atoms with E-state index in [0.717, 1.165) is 11.1 Å². The number of methoxy groups -OCH3 is 1. The topological polar surface area (TPSA) is 119 Å². The standard InChI is InChI=1S/C36H28N2O8S/c1-4-43-35(41)30-31(21-8-6-5-7-9-21)37-36-38(32(30)22-11-14-27-28(17-22)45-19-44-27)33(39)29(47-36)18-24-12-15-26(46-24)25-13-10-23(16-20(25)2)34(40)42-3/h5-18,32H,4,19H2,1-3H3/b29-18+/t32-/m0/s1. The quantitative estimate of drug-likeness (QED) is 0.226. The lowest BCUT2D eigenvalue weighted by Gasteiger charge is -2.26. The van der Waals surface area contributed by atoms with Gasteiger partial charge in [0.05, 0.1) is 41.1 Å². The Morgan fingerprint density at radius 1 is 1.00 bits per heavy atom. The Kier molecular flexibility index (Phi) is 7.82. The first kappa shape index (κ1) is 30.0. The van der Waals surface area contributed by atoms with Crippen LogP contribution in [0.2, 0.25) is 0 Å². The van der Waals surface area contributed by atoms with E-state index in [4.69, 9.17) is 28.4 Å². The smallest absolute Gasteiger partial charge is 0.338 e. The minimum atomic E-state index is -0.861. The summed E-state index contributed by atoms with van der Waals surface area (Å²) in [6, 6.07) is 22.6. The van der Waals surface area contributed by atoms with Crippen LogP contribution in [0.1, 0.15) is 45.8 Å². The van der Waals surface area contributed by atoms with Crippen molar-refractivity contribution in [1.82, 2.24) is 4.57 Å². The summed E-state index contributed by atoms with van der Waals surface area (Å²) >= 11 is 1.20. The number of nitrogens with zero attached hydrogens (tertiary/aromatic N) is 2. The number of carbonyl (C=O) groups is 2. The summed E-state index contributed by atoms with van der Waals surface area (Å²) in [4.78, 5) is 45.2. The summed E-state index contributed by atoms with van der Waals surface area (Å²) in [5, 5.41) is 0. The number of ether oxygens (including phenoxy) is 4. The molecule has 2 aliphatic rings. The maximum atomic E-state index is 14.2. The number of carbonyl (C=O) groups excluding carboxylic acids is 2. The minimum absolute atomic E-state index is 0.0808. The largest absolute Gasteiger partial charge is 0.465 e.